The van der Waals surface area contributed by atoms with Crippen molar-refractivity contribution in [3.8, 4) is 0 Å². The van der Waals surface area contributed by atoms with Crippen molar-refractivity contribution >= 4 is 0 Å². The number of benzene rings is 1. The number of hydrogen-bond donors (Lipinski definition) is 1. The summed E-state index contributed by atoms with van der Waals surface area (Å²) in [5.41, 5.74) is 4.59. The number of aryl methyl sites for hydroxylation is 1. The van der Waals surface area contributed by atoms with Crippen molar-refractivity contribution in [2.75, 3.05) is 0 Å². The lowest BCUT2D eigenvalue weighted by molar-refractivity contribution is 0.731. The summed E-state index contributed by atoms with van der Waals surface area (Å²) < 4.78 is 0. The fourth-order valence-electron chi connectivity index (χ4n) is 2.13. The first-order chi connectivity index (χ1) is 6.92. The maximum atomic E-state index is 3.88. The second-order valence-corrected chi connectivity index (χ2v) is 3.97. The molecule has 0 saturated carbocycles. The summed E-state index contributed by atoms with van der Waals surface area (Å²) in [5, 5.41) is 3.41. The summed E-state index contributed by atoms with van der Waals surface area (Å²) in [5.74, 6) is 0. The van der Waals surface area contributed by atoms with E-state index in [1.165, 1.54) is 24.8 Å². The van der Waals surface area contributed by atoms with Crippen LogP contribution in [0, 0.1) is 6.92 Å². The molecule has 1 heterocycles. The van der Waals surface area contributed by atoms with Crippen molar-refractivity contribution in [2.24, 2.45) is 0 Å². The van der Waals surface area contributed by atoms with Crippen LogP contribution in [0.15, 0.2) is 18.2 Å². The molecule has 2 rings (SSSR count). The van der Waals surface area contributed by atoms with Gasteiger partial charge in [-0.2, -0.15) is 0 Å². The van der Waals surface area contributed by atoms with E-state index in [1.54, 1.807) is 11.1 Å². The van der Waals surface area contributed by atoms with Crippen LogP contribution in [0.5, 0.6) is 0 Å². The fourth-order valence-corrected chi connectivity index (χ4v) is 2.13. The summed E-state index contributed by atoms with van der Waals surface area (Å²) in [7, 11) is 0. The van der Waals surface area contributed by atoms with Gasteiger partial charge in [0.15, 0.2) is 0 Å². The van der Waals surface area contributed by atoms with Crippen LogP contribution in [0.3, 0.4) is 0 Å². The van der Waals surface area contributed by atoms with Crippen molar-refractivity contribution < 1.29 is 0 Å². The maximum absolute atomic E-state index is 3.88. The topological polar surface area (TPSA) is 12.0 Å². The summed E-state index contributed by atoms with van der Waals surface area (Å²) in [6.45, 7) is 6.00. The van der Waals surface area contributed by atoms with Crippen molar-refractivity contribution in [1.29, 1.82) is 0 Å². The number of unbranched alkanes of at least 4 members (excludes halogenated alkanes) is 2. The molecule has 0 bridgehead atoms. The van der Waals surface area contributed by atoms with E-state index in [-0.39, 0.29) is 0 Å². The minimum absolute atomic E-state index is 1.05. The van der Waals surface area contributed by atoms with Crippen LogP contribution in [-0.4, -0.2) is 0 Å². The molecule has 1 N–H and O–H groups in total. The Morgan fingerprint density at radius 2 is 2.14 bits per heavy atom. The SMILES string of the molecule is [CH2]CCCCc1cccc2c1CNC2. The average molecular weight is 188 g/mol. The molecule has 0 aromatic heterocycles. The second kappa shape index (κ2) is 4.61. The van der Waals surface area contributed by atoms with Crippen molar-refractivity contribution in [1.82, 2.24) is 5.32 Å². The van der Waals surface area contributed by atoms with Gasteiger partial charge in [0.05, 0.1) is 0 Å². The minimum atomic E-state index is 1.05. The van der Waals surface area contributed by atoms with E-state index in [0.29, 0.717) is 0 Å². The van der Waals surface area contributed by atoms with Gasteiger partial charge in [0, 0.05) is 13.1 Å². The molecule has 0 aliphatic carbocycles. The molecule has 0 saturated heterocycles. The zero-order chi connectivity index (χ0) is 9.80. The van der Waals surface area contributed by atoms with Gasteiger partial charge in [-0.1, -0.05) is 38.0 Å². The van der Waals surface area contributed by atoms with Crippen LogP contribution in [0.4, 0.5) is 0 Å². The highest BCUT2D eigenvalue weighted by Gasteiger charge is 2.12. The van der Waals surface area contributed by atoms with Crippen LogP contribution < -0.4 is 5.32 Å². The minimum Gasteiger partial charge on any atom is -0.309 e. The lowest BCUT2D eigenvalue weighted by Gasteiger charge is -2.06. The van der Waals surface area contributed by atoms with E-state index in [0.717, 1.165) is 19.5 Å². The Morgan fingerprint density at radius 3 is 3.00 bits per heavy atom. The van der Waals surface area contributed by atoms with Crippen LogP contribution >= 0.6 is 0 Å². The molecule has 1 aromatic carbocycles. The first-order valence-electron chi connectivity index (χ1n) is 5.51. The fraction of sp³-hybridized carbons (Fsp3) is 0.462. The first-order valence-corrected chi connectivity index (χ1v) is 5.51. The molecule has 1 aliphatic rings. The number of nitrogens with one attached hydrogen (secondary N) is 1. The van der Waals surface area contributed by atoms with Crippen molar-refractivity contribution in [2.45, 2.75) is 38.8 Å². The highest BCUT2D eigenvalue weighted by Crippen LogP contribution is 2.21. The maximum Gasteiger partial charge on any atom is 0.0214 e. The normalized spacial score (nSPS) is 14.4. The number of rotatable bonds is 4. The summed E-state index contributed by atoms with van der Waals surface area (Å²) in [6, 6.07) is 6.69. The highest BCUT2D eigenvalue weighted by molar-refractivity contribution is 5.37. The Bertz CT molecular complexity index is 304. The standard InChI is InChI=1S/C13H18N/c1-2-3-4-6-11-7-5-8-12-9-14-10-13(11)12/h5,7-8,14H,1-4,6,9-10H2. The van der Waals surface area contributed by atoms with Crippen molar-refractivity contribution in [3.63, 3.8) is 0 Å². The largest absolute Gasteiger partial charge is 0.309 e. The molecule has 0 unspecified atom stereocenters. The molecule has 14 heavy (non-hydrogen) atoms. The zero-order valence-electron chi connectivity index (χ0n) is 8.68. The van der Waals surface area contributed by atoms with Gasteiger partial charge >= 0.3 is 0 Å². The lowest BCUT2D eigenvalue weighted by atomic mass is 9.99. The van der Waals surface area contributed by atoms with Gasteiger partial charge in [0.1, 0.15) is 0 Å². The van der Waals surface area contributed by atoms with E-state index in [2.05, 4.69) is 30.4 Å². The molecule has 0 fully saturated rings. The monoisotopic (exact) mass is 188 g/mol. The van der Waals surface area contributed by atoms with E-state index < -0.39 is 0 Å². The summed E-state index contributed by atoms with van der Waals surface area (Å²) in [4.78, 5) is 0. The molecule has 0 amide bonds. The molecule has 75 valence electrons. The molecule has 1 radical (unpaired) electrons. The van der Waals surface area contributed by atoms with Gasteiger partial charge in [-0.3, -0.25) is 0 Å². The van der Waals surface area contributed by atoms with E-state index in [9.17, 15) is 0 Å². The molecule has 0 spiro atoms. The predicted molar refractivity (Wildman–Crippen MR) is 59.9 cm³/mol. The van der Waals surface area contributed by atoms with Crippen LogP contribution in [-0.2, 0) is 19.5 Å². The Morgan fingerprint density at radius 1 is 1.21 bits per heavy atom. The Hall–Kier alpha value is -0.820. The second-order valence-electron chi connectivity index (χ2n) is 3.97. The zero-order valence-corrected chi connectivity index (χ0v) is 8.68. The molecular formula is C13H18N. The van der Waals surface area contributed by atoms with E-state index in [1.807, 2.05) is 0 Å². The summed E-state index contributed by atoms with van der Waals surface area (Å²) >= 11 is 0. The molecule has 0 atom stereocenters. The Kier molecular flexibility index (Phi) is 3.20. The van der Waals surface area contributed by atoms with Gasteiger partial charge in [0.2, 0.25) is 0 Å². The number of hydrogen-bond acceptors (Lipinski definition) is 1. The van der Waals surface area contributed by atoms with Gasteiger partial charge in [0.25, 0.3) is 0 Å². The predicted octanol–water partition coefficient (Wildman–Crippen LogP) is 2.84. The smallest absolute Gasteiger partial charge is 0.0214 e. The van der Waals surface area contributed by atoms with E-state index >= 15 is 0 Å². The molecular weight excluding hydrogens is 170 g/mol. The van der Waals surface area contributed by atoms with Crippen LogP contribution in [0.2, 0.25) is 0 Å². The average Bonchev–Trinajstić information content (AvgIpc) is 2.67. The Labute approximate surface area is 86.5 Å². The highest BCUT2D eigenvalue weighted by atomic mass is 14.9. The van der Waals surface area contributed by atoms with Gasteiger partial charge in [-0.05, 0) is 29.5 Å². The third kappa shape index (κ3) is 1.98. The van der Waals surface area contributed by atoms with E-state index in [4.69, 9.17) is 0 Å². The summed E-state index contributed by atoms with van der Waals surface area (Å²) in [6.07, 6.45) is 4.81. The van der Waals surface area contributed by atoms with Crippen LogP contribution in [0.25, 0.3) is 0 Å². The van der Waals surface area contributed by atoms with Gasteiger partial charge < -0.3 is 5.32 Å². The third-order valence-electron chi connectivity index (χ3n) is 2.93. The molecule has 1 nitrogen and oxygen atoms in total. The van der Waals surface area contributed by atoms with Gasteiger partial charge in [-0.25, -0.2) is 0 Å². The first kappa shape index (κ1) is 9.72. The molecule has 1 heteroatoms. The van der Waals surface area contributed by atoms with Crippen LogP contribution in [0.1, 0.15) is 36.0 Å². The number of fused-ring (bicyclic) bond motifs is 1. The molecule has 1 aliphatic heterocycles. The third-order valence-corrected chi connectivity index (χ3v) is 2.93. The van der Waals surface area contributed by atoms with Crippen molar-refractivity contribution in [3.05, 3.63) is 41.8 Å². The van der Waals surface area contributed by atoms with Gasteiger partial charge in [-0.15, -0.1) is 0 Å². The quantitative estimate of drug-likeness (QED) is 0.716. The lowest BCUT2D eigenvalue weighted by Crippen LogP contribution is -2.01. The Balaban J connectivity index is 2.06. The molecule has 1 aromatic rings.